The molecule has 0 heterocycles. The Bertz CT molecular complexity index is 844. The van der Waals surface area contributed by atoms with Gasteiger partial charge in [0.15, 0.2) is 0 Å². The van der Waals surface area contributed by atoms with Crippen LogP contribution >= 0.6 is 0 Å². The summed E-state index contributed by atoms with van der Waals surface area (Å²) >= 11 is 0. The summed E-state index contributed by atoms with van der Waals surface area (Å²) < 4.78 is 24.5. The third-order valence-electron chi connectivity index (χ3n) is 3.35. The Morgan fingerprint density at radius 1 is 1.04 bits per heavy atom. The normalized spacial score (nSPS) is 10.5. The molecule has 3 rings (SSSR count). The average molecular weight is 310 g/mol. The highest BCUT2D eigenvalue weighted by atomic mass is 19.1. The first-order valence-electron chi connectivity index (χ1n) is 7.20. The third-order valence-corrected chi connectivity index (χ3v) is 3.35. The van der Waals surface area contributed by atoms with Crippen LogP contribution in [0.4, 0.5) is 4.39 Å². The fourth-order valence-corrected chi connectivity index (χ4v) is 2.35. The molecule has 0 amide bonds. The van der Waals surface area contributed by atoms with E-state index in [1.165, 1.54) is 19.1 Å². The summed E-state index contributed by atoms with van der Waals surface area (Å²) in [5.41, 5.74) is 0.995. The first-order chi connectivity index (χ1) is 11.1. The molecule has 0 saturated heterocycles. The lowest BCUT2D eigenvalue weighted by molar-refractivity contribution is -0.131. The molecule has 0 aliphatic rings. The van der Waals surface area contributed by atoms with E-state index in [9.17, 15) is 9.18 Å². The number of halogens is 1. The van der Waals surface area contributed by atoms with Crippen molar-refractivity contribution in [1.82, 2.24) is 0 Å². The summed E-state index contributed by atoms with van der Waals surface area (Å²) in [6.07, 6.45) is 0. The minimum Gasteiger partial charge on any atom is -0.488 e. The first kappa shape index (κ1) is 15.0. The predicted molar refractivity (Wildman–Crippen MR) is 86.0 cm³/mol. The molecule has 0 spiro atoms. The monoisotopic (exact) mass is 310 g/mol. The molecule has 0 fully saturated rings. The maximum Gasteiger partial charge on any atom is 0.308 e. The van der Waals surface area contributed by atoms with E-state index in [0.29, 0.717) is 23.5 Å². The number of benzene rings is 3. The maximum absolute atomic E-state index is 13.5. The van der Waals surface area contributed by atoms with Crippen molar-refractivity contribution in [2.24, 2.45) is 0 Å². The Labute approximate surface area is 133 Å². The minimum absolute atomic E-state index is 0.343. The van der Waals surface area contributed by atoms with Gasteiger partial charge in [-0.2, -0.15) is 0 Å². The van der Waals surface area contributed by atoms with E-state index in [-0.39, 0.29) is 5.82 Å². The van der Waals surface area contributed by atoms with Crippen molar-refractivity contribution in [3.63, 3.8) is 0 Å². The summed E-state index contributed by atoms with van der Waals surface area (Å²) in [5, 5.41) is 1.38. The number of hydrogen-bond donors (Lipinski definition) is 0. The van der Waals surface area contributed by atoms with Crippen LogP contribution in [0.2, 0.25) is 0 Å². The highest BCUT2D eigenvalue weighted by Crippen LogP contribution is 2.32. The second-order valence-corrected chi connectivity index (χ2v) is 5.15. The Balaban J connectivity index is 1.98. The number of rotatable bonds is 4. The Kier molecular flexibility index (Phi) is 4.24. The zero-order valence-electron chi connectivity index (χ0n) is 12.6. The molecular weight excluding hydrogens is 295 g/mol. The fourth-order valence-electron chi connectivity index (χ4n) is 2.35. The van der Waals surface area contributed by atoms with E-state index in [1.807, 2.05) is 30.3 Å². The van der Waals surface area contributed by atoms with E-state index >= 15 is 0 Å². The molecule has 3 nitrogen and oxygen atoms in total. The van der Waals surface area contributed by atoms with E-state index in [4.69, 9.17) is 9.47 Å². The Morgan fingerprint density at radius 3 is 2.57 bits per heavy atom. The number of fused-ring (bicyclic) bond motifs is 1. The lowest BCUT2D eigenvalue weighted by Gasteiger charge is -2.12. The summed E-state index contributed by atoms with van der Waals surface area (Å²) in [6, 6.07) is 17.4. The number of carbonyl (C=O) groups excluding carboxylic acids is 1. The molecule has 0 unspecified atom stereocenters. The van der Waals surface area contributed by atoms with E-state index in [1.54, 1.807) is 18.2 Å². The van der Waals surface area contributed by atoms with Crippen molar-refractivity contribution in [1.29, 1.82) is 0 Å². The molecule has 0 radical (unpaired) electrons. The summed E-state index contributed by atoms with van der Waals surface area (Å²) in [4.78, 5) is 11.2. The van der Waals surface area contributed by atoms with Crippen LogP contribution in [0.3, 0.4) is 0 Å². The van der Waals surface area contributed by atoms with Gasteiger partial charge in [0.2, 0.25) is 0 Å². The van der Waals surface area contributed by atoms with Gasteiger partial charge >= 0.3 is 5.97 Å². The van der Waals surface area contributed by atoms with E-state index in [0.717, 1.165) is 10.9 Å². The van der Waals surface area contributed by atoms with Crippen molar-refractivity contribution < 1.29 is 18.7 Å². The van der Waals surface area contributed by atoms with Gasteiger partial charge in [0.25, 0.3) is 0 Å². The largest absolute Gasteiger partial charge is 0.488 e. The van der Waals surface area contributed by atoms with Crippen molar-refractivity contribution in [3.8, 4) is 11.5 Å². The molecule has 0 aliphatic carbocycles. The SMILES string of the molecule is CC(=O)Oc1cc(OCc2ccccc2)c2cc(F)ccc2c1. The van der Waals surface area contributed by atoms with Crippen LogP contribution in [0.15, 0.2) is 60.7 Å². The van der Waals surface area contributed by atoms with Gasteiger partial charge in [-0.15, -0.1) is 0 Å². The van der Waals surface area contributed by atoms with Gasteiger partial charge in [0.1, 0.15) is 23.9 Å². The van der Waals surface area contributed by atoms with Crippen LogP contribution in [-0.2, 0) is 11.4 Å². The van der Waals surface area contributed by atoms with Crippen LogP contribution in [0.25, 0.3) is 10.8 Å². The van der Waals surface area contributed by atoms with Gasteiger partial charge in [-0.1, -0.05) is 36.4 Å². The van der Waals surface area contributed by atoms with E-state index < -0.39 is 5.97 Å². The van der Waals surface area contributed by atoms with Crippen molar-refractivity contribution in [2.75, 3.05) is 0 Å². The molecule has 0 N–H and O–H groups in total. The third kappa shape index (κ3) is 3.66. The Morgan fingerprint density at radius 2 is 1.83 bits per heavy atom. The van der Waals surface area contributed by atoms with Gasteiger partial charge in [0.05, 0.1) is 0 Å². The minimum atomic E-state index is -0.416. The molecular formula is C19H15FO3. The number of hydrogen-bond acceptors (Lipinski definition) is 3. The molecule has 0 bridgehead atoms. The lowest BCUT2D eigenvalue weighted by Crippen LogP contribution is -2.02. The molecule has 116 valence electrons. The summed E-state index contributed by atoms with van der Waals surface area (Å²) in [6.45, 7) is 1.68. The molecule has 0 atom stereocenters. The molecule has 23 heavy (non-hydrogen) atoms. The highest BCUT2D eigenvalue weighted by Gasteiger charge is 2.09. The molecule has 3 aromatic rings. The van der Waals surface area contributed by atoms with Gasteiger partial charge < -0.3 is 9.47 Å². The van der Waals surface area contributed by atoms with Crippen molar-refractivity contribution in [2.45, 2.75) is 13.5 Å². The lowest BCUT2D eigenvalue weighted by atomic mass is 10.1. The first-order valence-corrected chi connectivity index (χ1v) is 7.20. The number of carbonyl (C=O) groups is 1. The highest BCUT2D eigenvalue weighted by molar-refractivity contribution is 5.90. The fraction of sp³-hybridized carbons (Fsp3) is 0.105. The average Bonchev–Trinajstić information content (AvgIpc) is 2.53. The predicted octanol–water partition coefficient (Wildman–Crippen LogP) is 4.48. The molecule has 4 heteroatoms. The van der Waals surface area contributed by atoms with Gasteiger partial charge in [0, 0.05) is 18.4 Å². The van der Waals surface area contributed by atoms with Gasteiger partial charge in [-0.05, 0) is 29.1 Å². The molecule has 3 aromatic carbocycles. The number of ether oxygens (including phenoxy) is 2. The smallest absolute Gasteiger partial charge is 0.308 e. The van der Waals surface area contributed by atoms with Crippen molar-refractivity contribution >= 4 is 16.7 Å². The molecule has 0 aromatic heterocycles. The number of esters is 1. The van der Waals surface area contributed by atoms with Crippen molar-refractivity contribution in [3.05, 3.63) is 72.0 Å². The van der Waals surface area contributed by atoms with Crippen LogP contribution in [-0.4, -0.2) is 5.97 Å². The van der Waals surface area contributed by atoms with Gasteiger partial charge in [-0.25, -0.2) is 4.39 Å². The maximum atomic E-state index is 13.5. The van der Waals surface area contributed by atoms with Crippen LogP contribution in [0.1, 0.15) is 12.5 Å². The topological polar surface area (TPSA) is 35.5 Å². The quantitative estimate of drug-likeness (QED) is 0.526. The summed E-state index contributed by atoms with van der Waals surface area (Å²) in [7, 11) is 0. The van der Waals surface area contributed by atoms with Crippen LogP contribution < -0.4 is 9.47 Å². The zero-order valence-corrected chi connectivity index (χ0v) is 12.6. The second kappa shape index (κ2) is 6.48. The van der Waals surface area contributed by atoms with E-state index in [2.05, 4.69) is 0 Å². The second-order valence-electron chi connectivity index (χ2n) is 5.15. The standard InChI is InChI=1S/C19H15FO3/c1-13(21)23-17-9-15-7-8-16(20)10-18(15)19(11-17)22-12-14-5-3-2-4-6-14/h2-11H,12H2,1H3. The van der Waals surface area contributed by atoms with Crippen LogP contribution in [0, 0.1) is 5.82 Å². The van der Waals surface area contributed by atoms with Gasteiger partial charge in [-0.3, -0.25) is 4.79 Å². The molecule has 0 saturated carbocycles. The summed E-state index contributed by atoms with van der Waals surface area (Å²) in [5.74, 6) is 0.0875. The van der Waals surface area contributed by atoms with Crippen LogP contribution in [0.5, 0.6) is 11.5 Å². The molecule has 0 aliphatic heterocycles. The Hall–Kier alpha value is -2.88. The zero-order chi connectivity index (χ0) is 16.2.